The normalized spacial score (nSPS) is 13.3. The number of aryl methyl sites for hydroxylation is 2. The van der Waals surface area contributed by atoms with Crippen molar-refractivity contribution >= 4 is 11.1 Å². The van der Waals surface area contributed by atoms with Gasteiger partial charge < -0.3 is 0 Å². The molecule has 165 valence electrons. The van der Waals surface area contributed by atoms with Gasteiger partial charge in [-0.25, -0.2) is 0 Å². The number of hydrogen-bond acceptors (Lipinski definition) is 4. The Labute approximate surface area is 204 Å². The third kappa shape index (κ3) is 2.86. The van der Waals surface area contributed by atoms with E-state index in [-0.39, 0.29) is 0 Å². The van der Waals surface area contributed by atoms with Crippen LogP contribution >= 0.6 is 0 Å². The Morgan fingerprint density at radius 3 is 1.51 bits per heavy atom. The minimum absolute atomic E-state index is 0.928. The van der Waals surface area contributed by atoms with Crippen LogP contribution in [0.25, 0.3) is 33.9 Å². The van der Waals surface area contributed by atoms with Gasteiger partial charge in [0.2, 0.25) is 0 Å². The highest BCUT2D eigenvalue weighted by molar-refractivity contribution is 6.15. The third-order valence-corrected chi connectivity index (χ3v) is 6.92. The van der Waals surface area contributed by atoms with Gasteiger partial charge in [0.1, 0.15) is 0 Å². The van der Waals surface area contributed by atoms with Gasteiger partial charge in [-0.05, 0) is 71.5 Å². The first-order chi connectivity index (χ1) is 17.2. The molecule has 2 aliphatic rings. The number of pyridine rings is 4. The fourth-order valence-corrected chi connectivity index (χ4v) is 5.41. The van der Waals surface area contributed by atoms with Crippen LogP contribution in [0.5, 0.6) is 0 Å². The molecule has 0 N–H and O–H groups in total. The van der Waals surface area contributed by atoms with Crippen LogP contribution in [0.3, 0.4) is 0 Å². The van der Waals surface area contributed by atoms with Crippen LogP contribution < -0.4 is 0 Å². The summed E-state index contributed by atoms with van der Waals surface area (Å²) in [6.45, 7) is 4.33. The van der Waals surface area contributed by atoms with Crippen LogP contribution in [-0.2, 0) is 0 Å². The highest BCUT2D eigenvalue weighted by Crippen LogP contribution is 2.54. The Bertz CT molecular complexity index is 1590. The summed E-state index contributed by atoms with van der Waals surface area (Å²) in [6.07, 6.45) is 7.38. The maximum atomic E-state index is 4.75. The van der Waals surface area contributed by atoms with E-state index in [0.29, 0.717) is 0 Å². The fraction of sp³-hybridized carbons (Fsp3) is 0.0645. The molecule has 0 bridgehead atoms. The molecule has 7 rings (SSSR count). The zero-order valence-electron chi connectivity index (χ0n) is 19.4. The quantitative estimate of drug-likeness (QED) is 0.304. The molecule has 0 amide bonds. The Hall–Kier alpha value is -4.44. The van der Waals surface area contributed by atoms with Crippen LogP contribution in [0.15, 0.2) is 91.5 Å². The van der Waals surface area contributed by atoms with E-state index < -0.39 is 0 Å². The van der Waals surface area contributed by atoms with E-state index >= 15 is 0 Å². The molecule has 0 fully saturated rings. The Morgan fingerprint density at radius 1 is 0.543 bits per heavy atom. The van der Waals surface area contributed by atoms with E-state index in [0.717, 1.165) is 56.5 Å². The summed E-state index contributed by atoms with van der Waals surface area (Å²) < 4.78 is 0. The Kier molecular flexibility index (Phi) is 4.30. The van der Waals surface area contributed by atoms with Gasteiger partial charge in [0.25, 0.3) is 0 Å². The van der Waals surface area contributed by atoms with E-state index in [9.17, 15) is 0 Å². The topological polar surface area (TPSA) is 51.6 Å². The average molecular weight is 450 g/mol. The molecule has 0 atom stereocenters. The van der Waals surface area contributed by atoms with Gasteiger partial charge in [-0.2, -0.15) is 0 Å². The summed E-state index contributed by atoms with van der Waals surface area (Å²) in [5.41, 5.74) is 14.1. The van der Waals surface area contributed by atoms with Crippen molar-refractivity contribution in [2.75, 3.05) is 0 Å². The smallest absolute Gasteiger partial charge is 0.0971 e. The zero-order chi connectivity index (χ0) is 23.5. The second-order valence-corrected chi connectivity index (χ2v) is 9.04. The minimum Gasteiger partial charge on any atom is -0.254 e. The van der Waals surface area contributed by atoms with Gasteiger partial charge >= 0.3 is 0 Å². The molecule has 2 aliphatic carbocycles. The maximum Gasteiger partial charge on any atom is 0.0971 e. The van der Waals surface area contributed by atoms with Crippen LogP contribution in [0.1, 0.15) is 38.9 Å². The lowest BCUT2D eigenvalue weighted by Gasteiger charge is -2.23. The van der Waals surface area contributed by atoms with E-state index in [1.54, 1.807) is 0 Å². The highest BCUT2D eigenvalue weighted by atomic mass is 14.8. The van der Waals surface area contributed by atoms with Crippen molar-refractivity contribution in [1.29, 1.82) is 0 Å². The fourth-order valence-electron chi connectivity index (χ4n) is 5.41. The van der Waals surface area contributed by atoms with Crippen molar-refractivity contribution in [3.05, 3.63) is 136 Å². The summed E-state index contributed by atoms with van der Waals surface area (Å²) in [5, 5.41) is 0. The van der Waals surface area contributed by atoms with E-state index in [1.807, 2.05) is 49.1 Å². The van der Waals surface area contributed by atoms with Gasteiger partial charge in [0.15, 0.2) is 0 Å². The van der Waals surface area contributed by atoms with Gasteiger partial charge in [0, 0.05) is 35.9 Å². The van der Waals surface area contributed by atoms with Gasteiger partial charge in [-0.15, -0.1) is 0 Å². The van der Waals surface area contributed by atoms with Crippen molar-refractivity contribution in [3.63, 3.8) is 0 Å². The molecular weight excluding hydrogens is 428 g/mol. The predicted molar refractivity (Wildman–Crippen MR) is 138 cm³/mol. The van der Waals surface area contributed by atoms with Crippen LogP contribution in [-0.4, -0.2) is 19.9 Å². The van der Waals surface area contributed by atoms with Crippen LogP contribution in [0, 0.1) is 19.8 Å². The van der Waals surface area contributed by atoms with Crippen molar-refractivity contribution < 1.29 is 0 Å². The van der Waals surface area contributed by atoms with E-state index in [1.165, 1.54) is 22.3 Å². The second kappa shape index (κ2) is 7.54. The minimum atomic E-state index is 0.928. The molecule has 5 aromatic rings. The van der Waals surface area contributed by atoms with Crippen LogP contribution in [0.2, 0.25) is 0 Å². The summed E-state index contributed by atoms with van der Waals surface area (Å²) in [6, 6.07) is 23.4. The number of allylic oxidation sites excluding steroid dienone is 1. The van der Waals surface area contributed by atoms with Gasteiger partial charge in [-0.3, -0.25) is 19.9 Å². The number of aromatic nitrogens is 4. The zero-order valence-corrected chi connectivity index (χ0v) is 19.4. The third-order valence-electron chi connectivity index (χ3n) is 6.92. The summed E-state index contributed by atoms with van der Waals surface area (Å²) in [5.74, 6) is 1.16. The van der Waals surface area contributed by atoms with E-state index in [2.05, 4.69) is 56.3 Å². The molecule has 1 radical (unpaired) electrons. The number of fused-ring (bicyclic) bond motifs is 6. The Morgan fingerprint density at radius 2 is 1.00 bits per heavy atom. The van der Waals surface area contributed by atoms with E-state index in [4.69, 9.17) is 19.9 Å². The molecule has 4 heteroatoms. The Balaban J connectivity index is 1.67. The molecular formula is C31H21N4. The van der Waals surface area contributed by atoms with Crippen molar-refractivity contribution in [2.24, 2.45) is 0 Å². The molecule has 0 unspecified atom stereocenters. The molecule has 0 saturated heterocycles. The number of benzene rings is 1. The summed E-state index contributed by atoms with van der Waals surface area (Å²) in [7, 11) is 0. The SMILES string of the molecule is Cc1ccc(C)c(C([C]2c3cccnc3-c3ncccc32)=C2c3cccnc3-c3ncccc32)c1. The van der Waals surface area contributed by atoms with Crippen LogP contribution in [0.4, 0.5) is 0 Å². The van der Waals surface area contributed by atoms with Crippen molar-refractivity contribution in [3.8, 4) is 22.8 Å². The molecule has 0 saturated carbocycles. The molecule has 4 heterocycles. The first kappa shape index (κ1) is 20.0. The number of rotatable bonds is 2. The number of nitrogens with zero attached hydrogens (tertiary/aromatic N) is 4. The molecule has 35 heavy (non-hydrogen) atoms. The standard InChI is InChI=1S/C31H21N4/c1-18-11-12-19(2)24(17-18)27(25-20-7-3-13-32-28(20)29-21(25)8-4-14-33-29)26-22-9-5-15-34-30(22)31-23(26)10-6-16-35-31/h3-17H,1-2H3. The first-order valence-corrected chi connectivity index (χ1v) is 11.7. The number of hydrogen-bond donors (Lipinski definition) is 0. The largest absolute Gasteiger partial charge is 0.254 e. The van der Waals surface area contributed by atoms with Gasteiger partial charge in [-0.1, -0.05) is 48.0 Å². The van der Waals surface area contributed by atoms with Crippen molar-refractivity contribution in [2.45, 2.75) is 13.8 Å². The molecule has 0 spiro atoms. The second-order valence-electron chi connectivity index (χ2n) is 9.04. The lowest BCUT2D eigenvalue weighted by atomic mass is 9.79. The van der Waals surface area contributed by atoms with Gasteiger partial charge in [0.05, 0.1) is 28.7 Å². The molecule has 1 aromatic carbocycles. The lowest BCUT2D eigenvalue weighted by molar-refractivity contribution is 1.26. The summed E-state index contributed by atoms with van der Waals surface area (Å²) >= 11 is 0. The predicted octanol–water partition coefficient (Wildman–Crippen LogP) is 6.47. The monoisotopic (exact) mass is 449 g/mol. The molecule has 4 aromatic heterocycles. The van der Waals surface area contributed by atoms with Crippen molar-refractivity contribution in [1.82, 2.24) is 19.9 Å². The molecule has 4 nitrogen and oxygen atoms in total. The lowest BCUT2D eigenvalue weighted by Crippen LogP contribution is -2.07. The molecule has 0 aliphatic heterocycles. The highest BCUT2D eigenvalue weighted by Gasteiger charge is 2.39. The summed E-state index contributed by atoms with van der Waals surface area (Å²) in [4.78, 5) is 19.0. The maximum absolute atomic E-state index is 4.75. The first-order valence-electron chi connectivity index (χ1n) is 11.7. The average Bonchev–Trinajstić information content (AvgIpc) is 3.41.